The molecule has 8 aliphatic rings. The summed E-state index contributed by atoms with van der Waals surface area (Å²) in [5, 5.41) is 0. The van der Waals surface area contributed by atoms with Crippen molar-refractivity contribution < 1.29 is 28.3 Å². The van der Waals surface area contributed by atoms with Crippen LogP contribution in [0.2, 0.25) is 0 Å². The Bertz CT molecular complexity index is 1150. The summed E-state index contributed by atoms with van der Waals surface area (Å²) in [5.74, 6) is 8.72. The first-order valence-electron chi connectivity index (χ1n) is 16.8. The normalized spacial score (nSPS) is 36.5. The first-order valence-corrected chi connectivity index (χ1v) is 16.8. The van der Waals surface area contributed by atoms with Gasteiger partial charge in [0.2, 0.25) is 0 Å². The van der Waals surface area contributed by atoms with Crippen LogP contribution in [0.15, 0.2) is 36.4 Å². The van der Waals surface area contributed by atoms with Crippen LogP contribution in [0.3, 0.4) is 0 Å². The van der Waals surface area contributed by atoms with Gasteiger partial charge in [-0.25, -0.2) is 0 Å². The molecule has 230 valence electrons. The molecule has 7 heteroatoms. The molecule has 0 atom stereocenters. The van der Waals surface area contributed by atoms with Crippen LogP contribution in [-0.2, 0) is 20.3 Å². The van der Waals surface area contributed by atoms with Gasteiger partial charge in [-0.1, -0.05) is 0 Å². The van der Waals surface area contributed by atoms with E-state index in [1.54, 1.807) is 14.2 Å². The molecule has 0 aromatic heterocycles. The summed E-state index contributed by atoms with van der Waals surface area (Å²) in [6, 6.07) is 12.7. The SMILES string of the molecule is COCOc1ccc(OBOc2ccc(OCOC)c(C34CC5CC(CC(C5)C3)C4)c2)cc1C12CC3CC(CC(C3)C1)C2. The van der Waals surface area contributed by atoms with E-state index in [0.717, 1.165) is 58.5 Å². The molecular formula is C36H47BO6. The highest BCUT2D eigenvalue weighted by Gasteiger charge is 2.54. The highest BCUT2D eigenvalue weighted by molar-refractivity contribution is 6.20. The third-order valence-corrected chi connectivity index (χ3v) is 12.2. The summed E-state index contributed by atoms with van der Waals surface area (Å²) in [4.78, 5) is 0. The number of hydrogen-bond donors (Lipinski definition) is 0. The fraction of sp³-hybridized carbons (Fsp3) is 0.667. The first-order chi connectivity index (χ1) is 21.0. The van der Waals surface area contributed by atoms with Gasteiger partial charge in [0, 0.05) is 25.3 Å². The molecule has 0 N–H and O–H groups in total. The minimum absolute atomic E-state index is 0.164. The van der Waals surface area contributed by atoms with Gasteiger partial charge < -0.3 is 28.3 Å². The Kier molecular flexibility index (Phi) is 7.33. The van der Waals surface area contributed by atoms with Crippen LogP contribution >= 0.6 is 0 Å². The molecule has 43 heavy (non-hydrogen) atoms. The highest BCUT2D eigenvalue weighted by atomic mass is 16.7. The summed E-state index contributed by atoms with van der Waals surface area (Å²) in [7, 11) is 3.53. The van der Waals surface area contributed by atoms with Gasteiger partial charge in [-0.15, -0.1) is 0 Å². The molecule has 8 bridgehead atoms. The van der Waals surface area contributed by atoms with E-state index >= 15 is 0 Å². The maximum Gasteiger partial charge on any atom is 0.576 e. The quantitative estimate of drug-likeness (QED) is 0.192. The Balaban J connectivity index is 1.01. The minimum Gasteiger partial charge on any atom is -0.529 e. The van der Waals surface area contributed by atoms with Crippen LogP contribution in [-0.4, -0.2) is 35.5 Å². The fourth-order valence-corrected chi connectivity index (χ4v) is 11.6. The zero-order chi connectivity index (χ0) is 29.0. The van der Waals surface area contributed by atoms with Gasteiger partial charge in [-0.05, 0) is 160 Å². The molecule has 2 aromatic rings. The lowest BCUT2D eigenvalue weighted by atomic mass is 9.48. The average molecular weight is 587 g/mol. The number of rotatable bonds is 12. The van der Waals surface area contributed by atoms with Crippen molar-refractivity contribution in [2.75, 3.05) is 27.8 Å². The van der Waals surface area contributed by atoms with Crippen molar-refractivity contribution >= 4 is 7.69 Å². The third-order valence-electron chi connectivity index (χ3n) is 12.2. The third kappa shape index (κ3) is 5.22. The number of benzene rings is 2. The zero-order valence-corrected chi connectivity index (χ0v) is 26.0. The van der Waals surface area contributed by atoms with E-state index in [0.29, 0.717) is 0 Å². The summed E-state index contributed by atoms with van der Waals surface area (Å²) >= 11 is 0. The lowest BCUT2D eigenvalue weighted by Crippen LogP contribution is -2.48. The van der Waals surface area contributed by atoms with E-state index in [9.17, 15) is 0 Å². The fourth-order valence-electron chi connectivity index (χ4n) is 11.6. The molecule has 0 amide bonds. The number of ether oxygens (including phenoxy) is 4. The predicted octanol–water partition coefficient (Wildman–Crippen LogP) is 7.31. The van der Waals surface area contributed by atoms with Crippen LogP contribution in [0.25, 0.3) is 0 Å². The maximum atomic E-state index is 6.30. The van der Waals surface area contributed by atoms with Crippen molar-refractivity contribution in [2.24, 2.45) is 35.5 Å². The summed E-state index contributed by atoms with van der Waals surface area (Å²) in [6.07, 6.45) is 16.1. The molecule has 8 fully saturated rings. The number of methoxy groups -OCH3 is 2. The summed E-state index contributed by atoms with van der Waals surface area (Å²) in [5.41, 5.74) is 3.01. The van der Waals surface area contributed by atoms with Crippen LogP contribution in [0, 0.1) is 35.5 Å². The average Bonchev–Trinajstić information content (AvgIpc) is 2.98. The second-order valence-corrected chi connectivity index (χ2v) is 15.2. The molecule has 0 spiro atoms. The lowest BCUT2D eigenvalue weighted by Gasteiger charge is -2.57. The Labute approximate surface area is 257 Å². The molecular weight excluding hydrogens is 539 g/mol. The topological polar surface area (TPSA) is 55.4 Å². The monoisotopic (exact) mass is 586 g/mol. The van der Waals surface area contributed by atoms with E-state index in [1.807, 2.05) is 12.1 Å². The highest BCUT2D eigenvalue weighted by Crippen LogP contribution is 2.63. The van der Waals surface area contributed by atoms with E-state index in [4.69, 9.17) is 28.3 Å². The van der Waals surface area contributed by atoms with Gasteiger partial charge in [0.15, 0.2) is 13.6 Å². The molecule has 10 rings (SSSR count). The molecule has 0 heterocycles. The second kappa shape index (κ2) is 11.2. The van der Waals surface area contributed by atoms with E-state index in [1.165, 1.54) is 88.2 Å². The van der Waals surface area contributed by atoms with Crippen LogP contribution in [0.5, 0.6) is 23.0 Å². The molecule has 0 unspecified atom stereocenters. The van der Waals surface area contributed by atoms with Gasteiger partial charge in [0.25, 0.3) is 0 Å². The van der Waals surface area contributed by atoms with Gasteiger partial charge in [0.05, 0.1) is 0 Å². The number of hydrogen-bond acceptors (Lipinski definition) is 6. The zero-order valence-electron chi connectivity index (χ0n) is 26.0. The molecule has 0 saturated heterocycles. The second-order valence-electron chi connectivity index (χ2n) is 15.2. The standard InChI is InChI=1S/C36H47BO6/c1-38-21-40-33-5-3-29(13-31(33)35-15-23-7-24(16-35)9-25(8-23)17-35)42-37-43-30-4-6-34(41-22-39-2)32(14-30)36-18-26-10-27(19-36)12-28(11-26)20-36/h3-6,13-14,23-28,37H,7-12,15-22H2,1-2H3. The first kappa shape index (κ1) is 28.1. The van der Waals surface area contributed by atoms with Gasteiger partial charge >= 0.3 is 7.69 Å². The largest absolute Gasteiger partial charge is 0.576 e. The summed E-state index contributed by atoms with van der Waals surface area (Å²) in [6.45, 7) is 0.525. The van der Waals surface area contributed by atoms with Crippen molar-refractivity contribution in [3.8, 4) is 23.0 Å². The van der Waals surface area contributed by atoms with Crippen LogP contribution in [0.1, 0.15) is 88.2 Å². The lowest BCUT2D eigenvalue weighted by molar-refractivity contribution is -0.00906. The minimum atomic E-state index is 0.164. The van der Waals surface area contributed by atoms with Crippen molar-refractivity contribution in [1.29, 1.82) is 0 Å². The van der Waals surface area contributed by atoms with Gasteiger partial charge in [-0.3, -0.25) is 0 Å². The molecule has 8 saturated carbocycles. The molecule has 0 radical (unpaired) electrons. The van der Waals surface area contributed by atoms with Gasteiger partial charge in [-0.2, -0.15) is 0 Å². The van der Waals surface area contributed by atoms with Crippen molar-refractivity contribution in [2.45, 2.75) is 87.9 Å². The maximum absolute atomic E-state index is 6.30. The van der Waals surface area contributed by atoms with Crippen LogP contribution < -0.4 is 18.8 Å². The Morgan fingerprint density at radius 3 is 1.23 bits per heavy atom. The van der Waals surface area contributed by atoms with E-state index in [2.05, 4.69) is 24.3 Å². The van der Waals surface area contributed by atoms with Gasteiger partial charge in [0.1, 0.15) is 23.0 Å². The smallest absolute Gasteiger partial charge is 0.529 e. The molecule has 6 nitrogen and oxygen atoms in total. The molecule has 8 aliphatic carbocycles. The van der Waals surface area contributed by atoms with E-state index in [-0.39, 0.29) is 32.1 Å². The predicted molar refractivity (Wildman–Crippen MR) is 166 cm³/mol. The van der Waals surface area contributed by atoms with Crippen molar-refractivity contribution in [3.05, 3.63) is 47.5 Å². The Morgan fingerprint density at radius 1 is 0.558 bits per heavy atom. The Morgan fingerprint density at radius 2 is 0.907 bits per heavy atom. The Hall–Kier alpha value is -2.38. The summed E-state index contributed by atoms with van der Waals surface area (Å²) < 4.78 is 35.4. The molecule has 2 aromatic carbocycles. The van der Waals surface area contributed by atoms with Crippen molar-refractivity contribution in [1.82, 2.24) is 0 Å². The van der Waals surface area contributed by atoms with Crippen LogP contribution in [0.4, 0.5) is 0 Å². The van der Waals surface area contributed by atoms with Crippen molar-refractivity contribution in [3.63, 3.8) is 0 Å². The molecule has 0 aliphatic heterocycles. The van der Waals surface area contributed by atoms with E-state index < -0.39 is 0 Å².